The maximum Gasteiger partial charge on any atom is 0.194 e. The van der Waals surface area contributed by atoms with Gasteiger partial charge in [0.2, 0.25) is 0 Å². The smallest absolute Gasteiger partial charge is 0.194 e. The molecule has 0 N–H and O–H groups in total. The molecule has 1 aromatic rings. The van der Waals surface area contributed by atoms with Gasteiger partial charge < -0.3 is 9.47 Å². The van der Waals surface area contributed by atoms with E-state index in [0.717, 1.165) is 37.4 Å². The molecule has 1 aromatic carbocycles. The normalized spacial score (nSPS) is 18.3. The SMILES string of the molecule is CCCCCCOC1(OCCCCCC)C=CC(N=Nc2ccccc2)=CC1C. The lowest BCUT2D eigenvalue weighted by Gasteiger charge is -2.37. The summed E-state index contributed by atoms with van der Waals surface area (Å²) in [5.74, 6) is -0.612. The van der Waals surface area contributed by atoms with E-state index in [1.54, 1.807) is 0 Å². The molecule has 1 unspecified atom stereocenters. The minimum atomic E-state index is -0.690. The second-order valence-electron chi connectivity index (χ2n) is 7.79. The quantitative estimate of drug-likeness (QED) is 0.183. The Morgan fingerprint density at radius 2 is 1.45 bits per heavy atom. The summed E-state index contributed by atoms with van der Waals surface area (Å²) in [5, 5.41) is 8.73. The van der Waals surface area contributed by atoms with Crippen molar-refractivity contribution < 1.29 is 9.47 Å². The zero-order valence-electron chi connectivity index (χ0n) is 18.5. The van der Waals surface area contributed by atoms with Crippen molar-refractivity contribution in [3.63, 3.8) is 0 Å². The van der Waals surface area contributed by atoms with Gasteiger partial charge in [0.25, 0.3) is 0 Å². The van der Waals surface area contributed by atoms with E-state index in [-0.39, 0.29) is 5.92 Å². The van der Waals surface area contributed by atoms with Gasteiger partial charge in [-0.3, -0.25) is 0 Å². The number of ether oxygens (including phenoxy) is 2. The van der Waals surface area contributed by atoms with Crippen LogP contribution in [-0.4, -0.2) is 19.0 Å². The molecule has 0 spiro atoms. The molecular formula is C25H38N2O2. The third-order valence-corrected chi connectivity index (χ3v) is 5.23. The zero-order valence-corrected chi connectivity index (χ0v) is 18.5. The molecule has 0 saturated carbocycles. The molecule has 0 radical (unpaired) electrons. The second kappa shape index (κ2) is 13.4. The Morgan fingerprint density at radius 3 is 2.00 bits per heavy atom. The average molecular weight is 399 g/mol. The van der Waals surface area contributed by atoms with Gasteiger partial charge in [-0.1, -0.05) is 77.5 Å². The predicted molar refractivity (Wildman–Crippen MR) is 120 cm³/mol. The maximum atomic E-state index is 6.32. The van der Waals surface area contributed by atoms with E-state index in [1.165, 1.54) is 38.5 Å². The summed E-state index contributed by atoms with van der Waals surface area (Å²) in [6.07, 6.45) is 15.6. The van der Waals surface area contributed by atoms with Gasteiger partial charge in [0, 0.05) is 5.92 Å². The van der Waals surface area contributed by atoms with Crippen LogP contribution in [0.2, 0.25) is 0 Å². The summed E-state index contributed by atoms with van der Waals surface area (Å²) in [4.78, 5) is 0. The lowest BCUT2D eigenvalue weighted by atomic mass is 9.94. The van der Waals surface area contributed by atoms with Gasteiger partial charge >= 0.3 is 0 Å². The molecular weight excluding hydrogens is 360 g/mol. The van der Waals surface area contributed by atoms with Gasteiger partial charge in [-0.25, -0.2) is 0 Å². The Bertz CT molecular complexity index is 638. The number of rotatable bonds is 14. The summed E-state index contributed by atoms with van der Waals surface area (Å²) in [6.45, 7) is 8.03. The van der Waals surface area contributed by atoms with Crippen LogP contribution in [-0.2, 0) is 9.47 Å². The average Bonchev–Trinajstić information content (AvgIpc) is 2.75. The van der Waals surface area contributed by atoms with Crippen molar-refractivity contribution in [1.29, 1.82) is 0 Å². The first-order valence-corrected chi connectivity index (χ1v) is 11.4. The van der Waals surface area contributed by atoms with Crippen LogP contribution in [0.3, 0.4) is 0 Å². The second-order valence-corrected chi connectivity index (χ2v) is 7.79. The van der Waals surface area contributed by atoms with Gasteiger partial charge in [0.15, 0.2) is 5.79 Å². The highest BCUT2D eigenvalue weighted by atomic mass is 16.7. The molecule has 4 nitrogen and oxygen atoms in total. The fourth-order valence-electron chi connectivity index (χ4n) is 3.38. The number of unbranched alkanes of at least 4 members (excludes halogenated alkanes) is 6. The molecule has 0 saturated heterocycles. The highest BCUT2D eigenvalue weighted by Gasteiger charge is 2.37. The molecule has 0 amide bonds. The number of hydrogen-bond donors (Lipinski definition) is 0. The minimum absolute atomic E-state index is 0.0783. The largest absolute Gasteiger partial charge is 0.346 e. The minimum Gasteiger partial charge on any atom is -0.346 e. The summed E-state index contributed by atoms with van der Waals surface area (Å²) < 4.78 is 12.6. The van der Waals surface area contributed by atoms with E-state index in [2.05, 4.69) is 37.1 Å². The van der Waals surface area contributed by atoms with Gasteiger partial charge in [-0.15, -0.1) is 0 Å². The lowest BCUT2D eigenvalue weighted by Crippen LogP contribution is -2.42. The lowest BCUT2D eigenvalue weighted by molar-refractivity contribution is -0.225. The van der Waals surface area contributed by atoms with Gasteiger partial charge in [0.05, 0.1) is 24.6 Å². The summed E-state index contributed by atoms with van der Waals surface area (Å²) in [7, 11) is 0. The highest BCUT2D eigenvalue weighted by Crippen LogP contribution is 2.33. The Labute approximate surface area is 177 Å². The molecule has 4 heteroatoms. The Kier molecular flexibility index (Phi) is 10.9. The number of allylic oxidation sites excluding steroid dienone is 1. The molecule has 0 fully saturated rings. The molecule has 1 aliphatic carbocycles. The van der Waals surface area contributed by atoms with Crippen LogP contribution in [0, 0.1) is 5.92 Å². The molecule has 160 valence electrons. The van der Waals surface area contributed by atoms with Crippen molar-refractivity contribution in [2.45, 2.75) is 77.9 Å². The summed E-state index contributed by atoms with van der Waals surface area (Å²) in [6, 6.07) is 9.80. The van der Waals surface area contributed by atoms with Crippen LogP contribution in [0.15, 0.2) is 64.5 Å². The Balaban J connectivity index is 1.98. The van der Waals surface area contributed by atoms with E-state index < -0.39 is 5.79 Å². The summed E-state index contributed by atoms with van der Waals surface area (Å²) >= 11 is 0. The fraction of sp³-hybridized carbons (Fsp3) is 0.600. The molecule has 0 bridgehead atoms. The third kappa shape index (κ3) is 8.23. The Hall–Kier alpha value is -1.78. The van der Waals surface area contributed by atoms with Crippen LogP contribution < -0.4 is 0 Å². The number of benzene rings is 1. The van der Waals surface area contributed by atoms with Crippen molar-refractivity contribution in [2.24, 2.45) is 16.1 Å². The van der Waals surface area contributed by atoms with Crippen LogP contribution in [0.4, 0.5) is 5.69 Å². The molecule has 29 heavy (non-hydrogen) atoms. The van der Waals surface area contributed by atoms with Gasteiger partial charge in [-0.05, 0) is 43.2 Å². The molecule has 0 aromatic heterocycles. The van der Waals surface area contributed by atoms with E-state index in [4.69, 9.17) is 9.47 Å². The number of hydrogen-bond acceptors (Lipinski definition) is 4. The third-order valence-electron chi connectivity index (χ3n) is 5.23. The molecule has 1 atom stereocenters. The van der Waals surface area contributed by atoms with E-state index in [9.17, 15) is 0 Å². The maximum absolute atomic E-state index is 6.32. The number of azo groups is 1. The van der Waals surface area contributed by atoms with Crippen LogP contribution in [0.25, 0.3) is 0 Å². The molecule has 1 aliphatic rings. The van der Waals surface area contributed by atoms with Crippen LogP contribution in [0.1, 0.15) is 72.1 Å². The van der Waals surface area contributed by atoms with Gasteiger partial charge in [0.1, 0.15) is 0 Å². The van der Waals surface area contributed by atoms with E-state index in [0.29, 0.717) is 0 Å². The zero-order chi connectivity index (χ0) is 20.8. The number of nitrogens with zero attached hydrogens (tertiary/aromatic N) is 2. The first kappa shape index (κ1) is 23.5. The van der Waals surface area contributed by atoms with Crippen molar-refractivity contribution in [1.82, 2.24) is 0 Å². The monoisotopic (exact) mass is 398 g/mol. The van der Waals surface area contributed by atoms with Crippen LogP contribution in [0.5, 0.6) is 0 Å². The standard InChI is InChI=1S/C25H38N2O2/c1-4-6-8-13-19-28-25(29-20-14-9-7-5-2)18-17-24(21-22(25)3)27-26-23-15-11-10-12-16-23/h10-12,15-18,21-22H,4-9,13-14,19-20H2,1-3H3. The van der Waals surface area contributed by atoms with Crippen LogP contribution >= 0.6 is 0 Å². The molecule has 2 rings (SSSR count). The molecule has 0 aliphatic heterocycles. The Morgan fingerprint density at radius 1 is 0.828 bits per heavy atom. The predicted octanol–water partition coefficient (Wildman–Crippen LogP) is 7.75. The molecule has 0 heterocycles. The van der Waals surface area contributed by atoms with E-state index in [1.807, 2.05) is 42.5 Å². The van der Waals surface area contributed by atoms with Crippen molar-refractivity contribution in [2.75, 3.05) is 13.2 Å². The fourth-order valence-corrected chi connectivity index (χ4v) is 3.38. The topological polar surface area (TPSA) is 43.2 Å². The van der Waals surface area contributed by atoms with Crippen molar-refractivity contribution in [3.05, 3.63) is 54.3 Å². The summed E-state index contributed by atoms with van der Waals surface area (Å²) in [5.41, 5.74) is 1.70. The first-order chi connectivity index (χ1) is 14.2. The van der Waals surface area contributed by atoms with E-state index >= 15 is 0 Å². The highest BCUT2D eigenvalue weighted by molar-refractivity contribution is 5.36. The van der Waals surface area contributed by atoms with Crippen molar-refractivity contribution in [3.8, 4) is 0 Å². The van der Waals surface area contributed by atoms with Gasteiger partial charge in [-0.2, -0.15) is 10.2 Å². The first-order valence-electron chi connectivity index (χ1n) is 11.4. The van der Waals surface area contributed by atoms with Crippen molar-refractivity contribution >= 4 is 5.69 Å².